The summed E-state index contributed by atoms with van der Waals surface area (Å²) in [6.45, 7) is 14.6. The van der Waals surface area contributed by atoms with Crippen molar-refractivity contribution in [2.24, 2.45) is 7.05 Å². The van der Waals surface area contributed by atoms with Gasteiger partial charge in [-0.2, -0.15) is 5.10 Å². The summed E-state index contributed by atoms with van der Waals surface area (Å²) in [5, 5.41) is 4.16. The molecule has 2 aromatic carbocycles. The van der Waals surface area contributed by atoms with Gasteiger partial charge in [0.05, 0.1) is 6.20 Å². The van der Waals surface area contributed by atoms with Gasteiger partial charge in [-0.15, -0.1) is 6.42 Å². The molecular formula is C30H38F2N4. The van der Waals surface area contributed by atoms with E-state index in [9.17, 15) is 8.78 Å². The molecule has 192 valence electrons. The summed E-state index contributed by atoms with van der Waals surface area (Å²) >= 11 is 0. The Kier molecular flexibility index (Phi) is 10.3. The van der Waals surface area contributed by atoms with E-state index in [1.807, 2.05) is 64.8 Å². The number of hydrogen-bond donors (Lipinski definition) is 0. The number of halogens is 2. The van der Waals surface area contributed by atoms with Crippen LogP contribution in [-0.2, 0) is 13.5 Å². The van der Waals surface area contributed by atoms with Gasteiger partial charge in [-0.25, -0.2) is 8.78 Å². The molecule has 36 heavy (non-hydrogen) atoms. The van der Waals surface area contributed by atoms with Crippen LogP contribution in [0.25, 0.3) is 11.1 Å². The van der Waals surface area contributed by atoms with Gasteiger partial charge in [0.25, 0.3) is 6.43 Å². The van der Waals surface area contributed by atoms with E-state index in [0.29, 0.717) is 11.1 Å². The maximum Gasteiger partial charge on any atom is 0.264 e. The highest BCUT2D eigenvalue weighted by molar-refractivity contribution is 5.79. The van der Waals surface area contributed by atoms with E-state index in [1.54, 1.807) is 36.4 Å². The number of terminal acetylenes is 1. The van der Waals surface area contributed by atoms with Gasteiger partial charge >= 0.3 is 0 Å². The maximum absolute atomic E-state index is 14.1. The fourth-order valence-electron chi connectivity index (χ4n) is 4.36. The highest BCUT2D eigenvalue weighted by atomic mass is 19.3. The number of fused-ring (bicyclic) bond motifs is 1. The first-order chi connectivity index (χ1) is 17.3. The first-order valence-corrected chi connectivity index (χ1v) is 12.5. The largest absolute Gasteiger partial charge is 0.351 e. The molecule has 0 saturated heterocycles. The van der Waals surface area contributed by atoms with Gasteiger partial charge in [0.15, 0.2) is 0 Å². The van der Waals surface area contributed by atoms with Crippen LogP contribution < -0.4 is 9.80 Å². The molecule has 0 unspecified atom stereocenters. The molecule has 2 heterocycles. The summed E-state index contributed by atoms with van der Waals surface area (Å²) < 4.78 is 29.9. The first-order valence-electron chi connectivity index (χ1n) is 12.5. The van der Waals surface area contributed by atoms with Crippen molar-refractivity contribution in [1.82, 2.24) is 9.78 Å². The minimum absolute atomic E-state index is 0.0105. The average Bonchev–Trinajstić information content (AvgIpc) is 3.35. The third-order valence-corrected chi connectivity index (χ3v) is 6.11. The van der Waals surface area contributed by atoms with Gasteiger partial charge in [0.1, 0.15) is 0 Å². The lowest BCUT2D eigenvalue weighted by Crippen LogP contribution is -2.25. The highest BCUT2D eigenvalue weighted by Crippen LogP contribution is 2.42. The van der Waals surface area contributed by atoms with Gasteiger partial charge in [0, 0.05) is 60.6 Å². The molecule has 4 nitrogen and oxygen atoms in total. The lowest BCUT2D eigenvalue weighted by atomic mass is 9.92. The Balaban J connectivity index is 0.00000109. The molecule has 0 bridgehead atoms. The number of rotatable bonds is 5. The third kappa shape index (κ3) is 5.79. The number of aryl methyl sites for hydroxylation is 2. The second kappa shape index (κ2) is 12.9. The van der Waals surface area contributed by atoms with Crippen LogP contribution in [0, 0.1) is 19.3 Å². The van der Waals surface area contributed by atoms with E-state index in [0.717, 1.165) is 53.1 Å². The normalized spacial score (nSPS) is 12.0. The fraction of sp³-hybridized carbons (Fsp3) is 0.367. The number of hydrogen-bond acceptors (Lipinski definition) is 3. The third-order valence-electron chi connectivity index (χ3n) is 6.11. The first kappa shape index (κ1) is 28.6. The van der Waals surface area contributed by atoms with Gasteiger partial charge in [0.2, 0.25) is 0 Å². The molecule has 6 heteroatoms. The Morgan fingerprint density at radius 2 is 1.86 bits per heavy atom. The van der Waals surface area contributed by atoms with Crippen molar-refractivity contribution in [1.29, 1.82) is 0 Å². The van der Waals surface area contributed by atoms with Crippen molar-refractivity contribution in [3.63, 3.8) is 0 Å². The van der Waals surface area contributed by atoms with Crippen LogP contribution in [0.2, 0.25) is 0 Å². The Hall–Kier alpha value is -3.59. The Labute approximate surface area is 215 Å². The molecule has 1 aliphatic rings. The SMILES string of the molecule is C#Cc1cc(N2CCCc3cc(-c4cnn(C)c4)c(C(F)F)cc32)cc(N(C)C=C)c1C.CC.CC. The lowest BCUT2D eigenvalue weighted by Gasteiger charge is -2.34. The van der Waals surface area contributed by atoms with Crippen molar-refractivity contribution in [2.45, 2.75) is 53.9 Å². The standard InChI is InChI=1S/C26H26F2N4.2C2H6/c1-6-18-11-21(13-24(17(18)3)30(4)7-2)32-10-8-9-19-12-22(20-15-29-31(5)16-20)23(26(27)28)14-25(19)32;2*1-2/h1,7,11-16,26H,2,8-10H2,3-5H3;2*1-2H3. The molecule has 0 spiro atoms. The van der Waals surface area contributed by atoms with E-state index in [4.69, 9.17) is 6.42 Å². The molecule has 0 saturated carbocycles. The van der Waals surface area contributed by atoms with Crippen molar-refractivity contribution in [3.05, 3.63) is 71.7 Å². The summed E-state index contributed by atoms with van der Waals surface area (Å²) in [4.78, 5) is 4.01. The van der Waals surface area contributed by atoms with Crippen LogP contribution >= 0.6 is 0 Å². The van der Waals surface area contributed by atoms with Crippen molar-refractivity contribution < 1.29 is 8.78 Å². The molecule has 4 rings (SSSR count). The number of nitrogens with zero attached hydrogens (tertiary/aromatic N) is 4. The number of anilines is 3. The molecule has 0 aliphatic carbocycles. The van der Waals surface area contributed by atoms with Crippen LogP contribution in [0.5, 0.6) is 0 Å². The van der Waals surface area contributed by atoms with Crippen molar-refractivity contribution in [3.8, 4) is 23.5 Å². The Morgan fingerprint density at radius 3 is 2.42 bits per heavy atom. The van der Waals surface area contributed by atoms with E-state index in [2.05, 4.69) is 22.5 Å². The molecular weight excluding hydrogens is 454 g/mol. The van der Waals surface area contributed by atoms with Crippen LogP contribution in [0.1, 0.15) is 62.8 Å². The molecule has 0 atom stereocenters. The van der Waals surface area contributed by atoms with Gasteiger partial charge in [-0.05, 0) is 66.9 Å². The molecule has 0 radical (unpaired) electrons. The molecule has 0 amide bonds. The van der Waals surface area contributed by atoms with Crippen LogP contribution in [0.4, 0.5) is 25.8 Å². The number of aromatic nitrogens is 2. The van der Waals surface area contributed by atoms with E-state index < -0.39 is 6.43 Å². The molecule has 0 N–H and O–H groups in total. The molecule has 1 aliphatic heterocycles. The van der Waals surface area contributed by atoms with E-state index in [1.165, 1.54) is 0 Å². The lowest BCUT2D eigenvalue weighted by molar-refractivity contribution is 0.152. The quantitative estimate of drug-likeness (QED) is 0.337. The molecule has 1 aromatic heterocycles. The van der Waals surface area contributed by atoms with Gasteiger partial charge < -0.3 is 9.80 Å². The Morgan fingerprint density at radius 1 is 1.17 bits per heavy atom. The van der Waals surface area contributed by atoms with E-state index in [-0.39, 0.29) is 5.56 Å². The summed E-state index contributed by atoms with van der Waals surface area (Å²) in [6, 6.07) is 7.53. The fourth-order valence-corrected chi connectivity index (χ4v) is 4.36. The predicted octanol–water partition coefficient (Wildman–Crippen LogP) is 8.03. The zero-order valence-corrected chi connectivity index (χ0v) is 22.6. The predicted molar refractivity (Wildman–Crippen MR) is 149 cm³/mol. The smallest absolute Gasteiger partial charge is 0.264 e. The van der Waals surface area contributed by atoms with Gasteiger partial charge in [-0.1, -0.05) is 40.2 Å². The zero-order valence-electron chi connectivity index (χ0n) is 22.6. The molecule has 0 fully saturated rings. The number of benzene rings is 2. The average molecular weight is 493 g/mol. The maximum atomic E-state index is 14.1. The van der Waals surface area contributed by atoms with Crippen molar-refractivity contribution in [2.75, 3.05) is 23.4 Å². The van der Waals surface area contributed by atoms with E-state index >= 15 is 0 Å². The number of alkyl halides is 2. The topological polar surface area (TPSA) is 24.3 Å². The zero-order chi connectivity index (χ0) is 27.0. The summed E-state index contributed by atoms with van der Waals surface area (Å²) in [6.07, 6.45) is 10.1. The van der Waals surface area contributed by atoms with Crippen LogP contribution in [0.15, 0.2) is 49.4 Å². The summed E-state index contributed by atoms with van der Waals surface area (Å²) in [7, 11) is 3.70. The Bertz CT molecular complexity index is 1220. The minimum Gasteiger partial charge on any atom is -0.351 e. The monoisotopic (exact) mass is 492 g/mol. The summed E-state index contributed by atoms with van der Waals surface area (Å²) in [5.74, 6) is 2.76. The molecule has 3 aromatic rings. The summed E-state index contributed by atoms with van der Waals surface area (Å²) in [5.41, 5.74) is 6.68. The second-order valence-electron chi connectivity index (χ2n) is 8.10. The van der Waals surface area contributed by atoms with Crippen molar-refractivity contribution >= 4 is 17.1 Å². The second-order valence-corrected chi connectivity index (χ2v) is 8.10. The highest BCUT2D eigenvalue weighted by Gasteiger charge is 2.25. The van der Waals surface area contributed by atoms with Gasteiger partial charge in [-0.3, -0.25) is 4.68 Å². The van der Waals surface area contributed by atoms with Crippen LogP contribution in [0.3, 0.4) is 0 Å². The minimum atomic E-state index is -2.60. The van der Waals surface area contributed by atoms with Crippen LogP contribution in [-0.4, -0.2) is 23.4 Å².